The third-order valence-corrected chi connectivity index (χ3v) is 13.3. The van der Waals surface area contributed by atoms with E-state index in [0.29, 0.717) is 0 Å². The van der Waals surface area contributed by atoms with Crippen molar-refractivity contribution in [3.05, 3.63) is 216 Å². The molecule has 0 N–H and O–H groups in total. The largest absolute Gasteiger partial charge is 0.334 e. The van der Waals surface area contributed by atoms with Crippen LogP contribution in [0, 0.1) is 0 Å². The predicted molar refractivity (Wildman–Crippen MR) is 244 cm³/mol. The first-order chi connectivity index (χ1) is 28.3. The van der Waals surface area contributed by atoms with Crippen LogP contribution in [0.1, 0.15) is 61.9 Å². The molecule has 0 fully saturated rings. The molecule has 0 amide bonds. The van der Waals surface area contributed by atoms with Crippen LogP contribution in [0.5, 0.6) is 0 Å². The van der Waals surface area contributed by atoms with Gasteiger partial charge in [0, 0.05) is 38.8 Å². The molecule has 1 heterocycles. The molecule has 0 saturated carbocycles. The first kappa shape index (κ1) is 34.6. The maximum Gasteiger partial charge on any atom is 0.0585 e. The molecule has 0 aliphatic heterocycles. The molecule has 280 valence electrons. The lowest BCUT2D eigenvalue weighted by Crippen LogP contribution is -2.30. The van der Waals surface area contributed by atoms with Gasteiger partial charge in [0.15, 0.2) is 0 Å². The minimum Gasteiger partial charge on any atom is -0.334 e. The quantitative estimate of drug-likeness (QED) is 0.164. The zero-order valence-electron chi connectivity index (χ0n) is 33.6. The SMILES string of the molecule is CC1(C)c2ccccc2-c2ccc(N(c3ccc4c(c3)c3c(n4-c4ccc(-c5ccccc5)cc4)-c4ccccc4C3(C)C)C3C=CC(c4ccccc4)=CC3)cc21. The lowest BCUT2D eigenvalue weighted by atomic mass is 9.81. The minimum atomic E-state index is -0.176. The fourth-order valence-electron chi connectivity index (χ4n) is 10.4. The maximum absolute atomic E-state index is 2.60. The zero-order valence-corrected chi connectivity index (χ0v) is 33.6. The van der Waals surface area contributed by atoms with Crippen molar-refractivity contribution in [1.82, 2.24) is 4.57 Å². The van der Waals surface area contributed by atoms with Crippen LogP contribution in [0.25, 0.3) is 55.7 Å². The van der Waals surface area contributed by atoms with Gasteiger partial charge in [-0.15, -0.1) is 0 Å². The van der Waals surface area contributed by atoms with Crippen molar-refractivity contribution in [3.63, 3.8) is 0 Å². The number of nitrogens with zero attached hydrogens (tertiary/aromatic N) is 2. The molecule has 0 spiro atoms. The molecule has 2 nitrogen and oxygen atoms in total. The van der Waals surface area contributed by atoms with Crippen LogP contribution in [-0.2, 0) is 10.8 Å². The van der Waals surface area contributed by atoms with Crippen LogP contribution in [0.3, 0.4) is 0 Å². The van der Waals surface area contributed by atoms with Gasteiger partial charge in [-0.25, -0.2) is 0 Å². The van der Waals surface area contributed by atoms with Crippen molar-refractivity contribution < 1.29 is 0 Å². The Morgan fingerprint density at radius 3 is 1.81 bits per heavy atom. The summed E-state index contributed by atoms with van der Waals surface area (Å²) < 4.78 is 2.52. The molecule has 3 aliphatic carbocycles. The van der Waals surface area contributed by atoms with E-state index in [9.17, 15) is 0 Å². The molecule has 7 aromatic carbocycles. The van der Waals surface area contributed by atoms with E-state index >= 15 is 0 Å². The molecule has 1 unspecified atom stereocenters. The molecule has 0 radical (unpaired) electrons. The summed E-state index contributed by atoms with van der Waals surface area (Å²) in [6, 6.07) is 63.1. The fraction of sp³-hybridized carbons (Fsp3) is 0.143. The molecular weight excluding hydrogens is 701 g/mol. The van der Waals surface area contributed by atoms with E-state index in [1.165, 1.54) is 94.9 Å². The minimum absolute atomic E-state index is 0.0930. The molecular formula is C56H46N2. The lowest BCUT2D eigenvalue weighted by molar-refractivity contribution is 0.659. The van der Waals surface area contributed by atoms with Crippen molar-refractivity contribution in [3.8, 4) is 39.2 Å². The first-order valence-electron chi connectivity index (χ1n) is 20.7. The van der Waals surface area contributed by atoms with Gasteiger partial charge in [-0.1, -0.05) is 173 Å². The number of aromatic nitrogens is 1. The van der Waals surface area contributed by atoms with Crippen LogP contribution in [0.15, 0.2) is 188 Å². The highest BCUT2D eigenvalue weighted by Gasteiger charge is 2.41. The molecule has 58 heavy (non-hydrogen) atoms. The summed E-state index contributed by atoms with van der Waals surface area (Å²) in [5.41, 5.74) is 20.5. The van der Waals surface area contributed by atoms with Gasteiger partial charge in [-0.3, -0.25) is 0 Å². The number of allylic oxidation sites excluding steroid dienone is 2. The first-order valence-corrected chi connectivity index (χ1v) is 20.7. The molecule has 0 saturated heterocycles. The van der Waals surface area contributed by atoms with Crippen LogP contribution in [0.4, 0.5) is 11.4 Å². The fourth-order valence-corrected chi connectivity index (χ4v) is 10.4. The second kappa shape index (κ2) is 12.9. The summed E-state index contributed by atoms with van der Waals surface area (Å²) in [5, 5.41) is 1.31. The number of hydrogen-bond donors (Lipinski definition) is 0. The Morgan fingerprint density at radius 2 is 1.10 bits per heavy atom. The van der Waals surface area contributed by atoms with Gasteiger partial charge in [0.25, 0.3) is 0 Å². The van der Waals surface area contributed by atoms with Crippen molar-refractivity contribution in [2.24, 2.45) is 0 Å². The van der Waals surface area contributed by atoms with E-state index in [0.717, 1.165) is 6.42 Å². The number of rotatable bonds is 6. The topological polar surface area (TPSA) is 8.17 Å². The Balaban J connectivity index is 1.10. The highest BCUT2D eigenvalue weighted by molar-refractivity contribution is 6.01. The Hall–Kier alpha value is -6.64. The van der Waals surface area contributed by atoms with E-state index in [1.807, 2.05) is 0 Å². The van der Waals surface area contributed by atoms with Crippen LogP contribution in [0.2, 0.25) is 0 Å². The predicted octanol–water partition coefficient (Wildman–Crippen LogP) is 14.5. The van der Waals surface area contributed by atoms with Gasteiger partial charge in [0.05, 0.1) is 17.3 Å². The Kier molecular flexibility index (Phi) is 7.72. The molecule has 1 atom stereocenters. The average molecular weight is 747 g/mol. The zero-order chi connectivity index (χ0) is 39.2. The van der Waals surface area contributed by atoms with Crippen molar-refractivity contribution in [1.29, 1.82) is 0 Å². The third kappa shape index (κ3) is 5.17. The van der Waals surface area contributed by atoms with Crippen LogP contribution >= 0.6 is 0 Å². The van der Waals surface area contributed by atoms with Gasteiger partial charge >= 0.3 is 0 Å². The number of hydrogen-bond acceptors (Lipinski definition) is 1. The number of anilines is 2. The van der Waals surface area contributed by atoms with E-state index < -0.39 is 0 Å². The average Bonchev–Trinajstić information content (AvgIpc) is 3.82. The smallest absolute Gasteiger partial charge is 0.0585 e. The molecule has 11 rings (SSSR count). The number of fused-ring (bicyclic) bond motifs is 8. The van der Waals surface area contributed by atoms with E-state index in [2.05, 4.69) is 225 Å². The molecule has 8 aromatic rings. The molecule has 0 bridgehead atoms. The summed E-state index contributed by atoms with van der Waals surface area (Å²) in [4.78, 5) is 2.60. The standard InChI is InChI=1S/C56H46N2/c1-55(2)49-21-13-11-19-45(49)46-33-31-44(36-51(46)55)57(41-27-23-39(24-28-41)37-15-7-5-8-16-37)43-32-34-52-48(35-43)53-54(47-20-12-14-22-50(47)56(53,3)4)58(52)42-29-25-40(26-30-42)38-17-9-6-10-18-38/h5-27,29-36,41H,28H2,1-4H3. The van der Waals surface area contributed by atoms with Crippen molar-refractivity contribution >= 4 is 27.9 Å². The highest BCUT2D eigenvalue weighted by atomic mass is 15.2. The van der Waals surface area contributed by atoms with Crippen molar-refractivity contribution in [2.45, 2.75) is 51.0 Å². The third-order valence-electron chi connectivity index (χ3n) is 13.3. The van der Waals surface area contributed by atoms with E-state index in [4.69, 9.17) is 0 Å². The Labute approximate surface area is 342 Å². The highest BCUT2D eigenvalue weighted by Crippen LogP contribution is 2.55. The summed E-state index contributed by atoms with van der Waals surface area (Å²) in [6.07, 6.45) is 8.08. The molecule has 3 aliphatic rings. The summed E-state index contributed by atoms with van der Waals surface area (Å²) in [5.74, 6) is 0. The van der Waals surface area contributed by atoms with Crippen molar-refractivity contribution in [2.75, 3.05) is 4.90 Å². The lowest BCUT2D eigenvalue weighted by Gasteiger charge is -2.34. The van der Waals surface area contributed by atoms with Gasteiger partial charge in [-0.2, -0.15) is 0 Å². The Morgan fingerprint density at radius 1 is 0.517 bits per heavy atom. The molecule has 2 heteroatoms. The van der Waals surface area contributed by atoms with E-state index in [1.54, 1.807) is 0 Å². The van der Waals surface area contributed by atoms with Gasteiger partial charge in [-0.05, 0) is 105 Å². The number of benzene rings is 7. The second-order valence-electron chi connectivity index (χ2n) is 17.3. The molecule has 1 aromatic heterocycles. The van der Waals surface area contributed by atoms with Gasteiger partial charge in [0.1, 0.15) is 0 Å². The van der Waals surface area contributed by atoms with Crippen LogP contribution < -0.4 is 4.90 Å². The Bertz CT molecular complexity index is 2960. The van der Waals surface area contributed by atoms with Gasteiger partial charge in [0.2, 0.25) is 0 Å². The maximum atomic E-state index is 2.60. The summed E-state index contributed by atoms with van der Waals surface area (Å²) >= 11 is 0. The normalized spacial score (nSPS) is 16.7. The van der Waals surface area contributed by atoms with Crippen LogP contribution in [-0.4, -0.2) is 10.6 Å². The monoisotopic (exact) mass is 746 g/mol. The summed E-state index contributed by atoms with van der Waals surface area (Å²) in [7, 11) is 0. The van der Waals surface area contributed by atoms with Gasteiger partial charge < -0.3 is 9.47 Å². The van der Waals surface area contributed by atoms with E-state index in [-0.39, 0.29) is 16.9 Å². The summed E-state index contributed by atoms with van der Waals surface area (Å²) in [6.45, 7) is 9.58. The second-order valence-corrected chi connectivity index (χ2v) is 17.3.